The van der Waals surface area contributed by atoms with Gasteiger partial charge in [0, 0.05) is 21.2 Å². The average molecular weight is 303 g/mol. The first-order valence-electron chi connectivity index (χ1n) is 5.52. The van der Waals surface area contributed by atoms with E-state index in [1.807, 2.05) is 37.3 Å². The van der Waals surface area contributed by atoms with E-state index in [1.54, 1.807) is 10.9 Å². The van der Waals surface area contributed by atoms with Gasteiger partial charge in [0.2, 0.25) is 0 Å². The number of nitrogen functional groups attached to an aromatic ring is 1. The lowest BCUT2D eigenvalue weighted by Gasteiger charge is -2.04. The third-order valence-corrected chi connectivity index (χ3v) is 3.23. The monoisotopic (exact) mass is 302 g/mol. The van der Waals surface area contributed by atoms with Crippen LogP contribution in [0.4, 0.5) is 5.69 Å². The number of hydrogen-bond acceptors (Lipinski definition) is 3. The van der Waals surface area contributed by atoms with Gasteiger partial charge >= 0.3 is 0 Å². The topological polar surface area (TPSA) is 56.7 Å². The highest BCUT2D eigenvalue weighted by Crippen LogP contribution is 2.27. The van der Waals surface area contributed by atoms with Crippen LogP contribution in [-0.4, -0.2) is 14.8 Å². The summed E-state index contributed by atoms with van der Waals surface area (Å²) in [4.78, 5) is 4.47. The van der Waals surface area contributed by atoms with Crippen LogP contribution in [-0.2, 0) is 0 Å². The van der Waals surface area contributed by atoms with Crippen LogP contribution in [0.1, 0.15) is 5.69 Å². The van der Waals surface area contributed by atoms with Gasteiger partial charge in [-0.05, 0) is 31.2 Å². The molecular formula is C13H11BrN4. The molecule has 18 heavy (non-hydrogen) atoms. The van der Waals surface area contributed by atoms with Crippen molar-refractivity contribution in [2.24, 2.45) is 0 Å². The quantitative estimate of drug-likeness (QED) is 0.703. The minimum absolute atomic E-state index is 0.707. The van der Waals surface area contributed by atoms with Gasteiger partial charge in [0.15, 0.2) is 5.82 Å². The van der Waals surface area contributed by atoms with Crippen molar-refractivity contribution in [3.8, 4) is 5.82 Å². The minimum Gasteiger partial charge on any atom is -0.398 e. The maximum atomic E-state index is 5.97. The average Bonchev–Trinajstić information content (AvgIpc) is 2.72. The van der Waals surface area contributed by atoms with Gasteiger partial charge in [0.1, 0.15) is 0 Å². The summed E-state index contributed by atoms with van der Waals surface area (Å²) < 4.78 is 2.73. The van der Waals surface area contributed by atoms with Crippen molar-refractivity contribution in [3.63, 3.8) is 0 Å². The van der Waals surface area contributed by atoms with Gasteiger partial charge < -0.3 is 5.73 Å². The zero-order valence-corrected chi connectivity index (χ0v) is 11.3. The number of halogens is 1. The number of aryl methyl sites for hydroxylation is 1. The number of anilines is 1. The van der Waals surface area contributed by atoms with Crippen molar-refractivity contribution in [3.05, 3.63) is 46.7 Å². The Kier molecular flexibility index (Phi) is 2.56. The Hall–Kier alpha value is -1.88. The van der Waals surface area contributed by atoms with Crippen molar-refractivity contribution in [2.75, 3.05) is 5.73 Å². The predicted molar refractivity (Wildman–Crippen MR) is 75.7 cm³/mol. The first-order valence-corrected chi connectivity index (χ1v) is 6.31. The first kappa shape index (κ1) is 11.2. The molecule has 90 valence electrons. The van der Waals surface area contributed by atoms with E-state index in [-0.39, 0.29) is 0 Å². The Labute approximate surface area is 113 Å². The Morgan fingerprint density at radius 3 is 2.89 bits per heavy atom. The second-order valence-electron chi connectivity index (χ2n) is 4.12. The fourth-order valence-corrected chi connectivity index (χ4v) is 2.41. The summed E-state index contributed by atoms with van der Waals surface area (Å²) in [5.41, 5.74) is 8.58. The zero-order valence-electron chi connectivity index (χ0n) is 9.76. The van der Waals surface area contributed by atoms with Crippen LogP contribution in [0.2, 0.25) is 0 Å². The van der Waals surface area contributed by atoms with E-state index in [9.17, 15) is 0 Å². The number of aromatic nitrogens is 3. The maximum absolute atomic E-state index is 5.97. The van der Waals surface area contributed by atoms with E-state index in [0.717, 1.165) is 26.9 Å². The molecule has 2 aromatic heterocycles. The van der Waals surface area contributed by atoms with Crippen molar-refractivity contribution >= 4 is 32.5 Å². The number of benzene rings is 1. The van der Waals surface area contributed by atoms with E-state index in [0.29, 0.717) is 5.69 Å². The van der Waals surface area contributed by atoms with Gasteiger partial charge in [0.25, 0.3) is 0 Å². The second kappa shape index (κ2) is 4.10. The Bertz CT molecular complexity index is 733. The lowest BCUT2D eigenvalue weighted by molar-refractivity contribution is 0.867. The molecule has 2 heterocycles. The number of fused-ring (bicyclic) bond motifs is 1. The summed E-state index contributed by atoms with van der Waals surface area (Å²) in [5, 5.41) is 5.29. The van der Waals surface area contributed by atoms with Crippen LogP contribution in [0.3, 0.4) is 0 Å². The number of hydrogen-bond donors (Lipinski definition) is 1. The third-order valence-electron chi connectivity index (χ3n) is 2.78. The molecule has 0 spiro atoms. The fraction of sp³-hybridized carbons (Fsp3) is 0.0769. The molecule has 5 heteroatoms. The Morgan fingerprint density at radius 2 is 2.11 bits per heavy atom. The third kappa shape index (κ3) is 1.76. The molecule has 0 saturated heterocycles. The molecule has 3 rings (SSSR count). The molecule has 0 unspecified atom stereocenters. The normalized spacial score (nSPS) is 11.0. The standard InChI is InChI=1S/C13H11BrN4/c1-8-3-2-4-13(17-8)18-12-6-9(14)5-11(15)10(12)7-16-18/h2-7H,15H2,1H3. The highest BCUT2D eigenvalue weighted by molar-refractivity contribution is 9.10. The van der Waals surface area contributed by atoms with Crippen molar-refractivity contribution < 1.29 is 0 Å². The Balaban J connectivity index is 2.30. The van der Waals surface area contributed by atoms with E-state index < -0.39 is 0 Å². The number of pyridine rings is 1. The molecule has 0 fully saturated rings. The second-order valence-corrected chi connectivity index (χ2v) is 5.04. The maximum Gasteiger partial charge on any atom is 0.154 e. The fourth-order valence-electron chi connectivity index (χ4n) is 1.95. The Morgan fingerprint density at radius 1 is 1.28 bits per heavy atom. The molecule has 0 saturated carbocycles. The highest BCUT2D eigenvalue weighted by atomic mass is 79.9. The molecule has 0 aliphatic rings. The molecule has 4 nitrogen and oxygen atoms in total. The van der Waals surface area contributed by atoms with Crippen molar-refractivity contribution in [1.82, 2.24) is 14.8 Å². The predicted octanol–water partition coefficient (Wildman–Crippen LogP) is 3.07. The van der Waals surface area contributed by atoms with Crippen LogP contribution in [0.15, 0.2) is 41.0 Å². The minimum atomic E-state index is 0.707. The van der Waals surface area contributed by atoms with Gasteiger partial charge in [-0.1, -0.05) is 22.0 Å². The summed E-state index contributed by atoms with van der Waals surface area (Å²) in [5.74, 6) is 0.794. The number of rotatable bonds is 1. The molecule has 0 aliphatic carbocycles. The van der Waals surface area contributed by atoms with Crippen LogP contribution in [0, 0.1) is 6.92 Å². The molecule has 2 N–H and O–H groups in total. The van der Waals surface area contributed by atoms with E-state index >= 15 is 0 Å². The van der Waals surface area contributed by atoms with Crippen LogP contribution < -0.4 is 5.73 Å². The van der Waals surface area contributed by atoms with E-state index in [1.165, 1.54) is 0 Å². The first-order chi connectivity index (χ1) is 8.65. The molecule has 0 bridgehead atoms. The molecule has 0 radical (unpaired) electrons. The zero-order chi connectivity index (χ0) is 12.7. The van der Waals surface area contributed by atoms with E-state index in [2.05, 4.69) is 26.0 Å². The van der Waals surface area contributed by atoms with Gasteiger partial charge in [0.05, 0.1) is 11.7 Å². The number of nitrogens with two attached hydrogens (primary N) is 1. The van der Waals surface area contributed by atoms with Crippen LogP contribution in [0.5, 0.6) is 0 Å². The molecule has 0 atom stereocenters. The highest BCUT2D eigenvalue weighted by Gasteiger charge is 2.09. The van der Waals surface area contributed by atoms with Gasteiger partial charge in [-0.3, -0.25) is 0 Å². The van der Waals surface area contributed by atoms with E-state index in [4.69, 9.17) is 5.73 Å². The summed E-state index contributed by atoms with van der Waals surface area (Å²) in [6, 6.07) is 9.71. The summed E-state index contributed by atoms with van der Waals surface area (Å²) in [6.07, 6.45) is 1.76. The molecular weight excluding hydrogens is 292 g/mol. The smallest absolute Gasteiger partial charge is 0.154 e. The van der Waals surface area contributed by atoms with Crippen molar-refractivity contribution in [2.45, 2.75) is 6.92 Å². The molecule has 1 aromatic carbocycles. The summed E-state index contributed by atoms with van der Waals surface area (Å²) in [6.45, 7) is 1.96. The molecule has 3 aromatic rings. The molecule has 0 amide bonds. The van der Waals surface area contributed by atoms with Crippen LogP contribution in [0.25, 0.3) is 16.7 Å². The lowest BCUT2D eigenvalue weighted by atomic mass is 10.2. The SMILES string of the molecule is Cc1cccc(-n2ncc3c(N)cc(Br)cc32)n1. The largest absolute Gasteiger partial charge is 0.398 e. The van der Waals surface area contributed by atoms with Gasteiger partial charge in [-0.15, -0.1) is 0 Å². The van der Waals surface area contributed by atoms with Gasteiger partial charge in [-0.25, -0.2) is 9.67 Å². The van der Waals surface area contributed by atoms with Gasteiger partial charge in [-0.2, -0.15) is 5.10 Å². The van der Waals surface area contributed by atoms with Crippen LogP contribution >= 0.6 is 15.9 Å². The van der Waals surface area contributed by atoms with Crippen molar-refractivity contribution in [1.29, 1.82) is 0 Å². The summed E-state index contributed by atoms with van der Waals surface area (Å²) >= 11 is 3.45. The number of nitrogens with zero attached hydrogens (tertiary/aromatic N) is 3. The summed E-state index contributed by atoms with van der Waals surface area (Å²) in [7, 11) is 0. The molecule has 0 aliphatic heterocycles. The lowest BCUT2D eigenvalue weighted by Crippen LogP contribution is -2.00.